The fourth-order valence-electron chi connectivity index (χ4n) is 3.38. The maximum absolute atomic E-state index is 9.85. The Balaban J connectivity index is 2.16. The summed E-state index contributed by atoms with van der Waals surface area (Å²) in [6, 6.07) is 2.47. The van der Waals surface area contributed by atoms with Gasteiger partial charge in [-0.15, -0.1) is 0 Å². The van der Waals surface area contributed by atoms with E-state index in [0.717, 1.165) is 36.6 Å². The molecule has 0 atom stereocenters. The minimum absolute atomic E-state index is 0.177. The van der Waals surface area contributed by atoms with E-state index in [1.807, 2.05) is 11.8 Å². The van der Waals surface area contributed by atoms with E-state index in [2.05, 4.69) is 38.7 Å². The van der Waals surface area contributed by atoms with Crippen molar-refractivity contribution in [2.45, 2.75) is 50.5 Å². The van der Waals surface area contributed by atoms with Gasteiger partial charge >= 0.3 is 0 Å². The Kier molecular flexibility index (Phi) is 4.57. The number of aromatic nitrogens is 1. The number of anilines is 1. The monoisotopic (exact) mass is 331 g/mol. The summed E-state index contributed by atoms with van der Waals surface area (Å²) in [6.07, 6.45) is 0.940. The number of morpholine rings is 1. The summed E-state index contributed by atoms with van der Waals surface area (Å²) >= 11 is 1.97. The molecule has 0 unspecified atom stereocenters. The molecule has 124 valence electrons. The zero-order valence-electron chi connectivity index (χ0n) is 14.5. The van der Waals surface area contributed by atoms with Gasteiger partial charge in [-0.3, -0.25) is 0 Å². The highest BCUT2D eigenvalue weighted by Gasteiger charge is 2.33. The van der Waals surface area contributed by atoms with Crippen molar-refractivity contribution in [1.82, 2.24) is 4.98 Å². The number of hydrogen-bond acceptors (Lipinski definition) is 5. The van der Waals surface area contributed by atoms with Gasteiger partial charge in [-0.05, 0) is 23.5 Å². The van der Waals surface area contributed by atoms with E-state index in [9.17, 15) is 5.26 Å². The molecule has 2 aliphatic rings. The fourth-order valence-corrected chi connectivity index (χ4v) is 4.48. The van der Waals surface area contributed by atoms with Crippen molar-refractivity contribution in [3.8, 4) is 6.07 Å². The highest BCUT2D eigenvalue weighted by Crippen LogP contribution is 2.43. The number of pyridine rings is 1. The summed E-state index contributed by atoms with van der Waals surface area (Å²) in [5.74, 6) is 2.21. The predicted molar refractivity (Wildman–Crippen MR) is 95.2 cm³/mol. The predicted octanol–water partition coefficient (Wildman–Crippen LogP) is 3.48. The van der Waals surface area contributed by atoms with Crippen LogP contribution in [0.3, 0.4) is 0 Å². The van der Waals surface area contributed by atoms with Gasteiger partial charge in [-0.1, -0.05) is 27.7 Å². The van der Waals surface area contributed by atoms with Crippen LogP contribution in [0.1, 0.15) is 56.0 Å². The van der Waals surface area contributed by atoms with Crippen molar-refractivity contribution >= 4 is 17.6 Å². The number of ether oxygens (including phenoxy) is 1. The molecule has 1 aromatic rings. The summed E-state index contributed by atoms with van der Waals surface area (Å²) in [5.41, 5.74) is 4.50. The summed E-state index contributed by atoms with van der Waals surface area (Å²) in [7, 11) is 0. The molecule has 1 fully saturated rings. The molecule has 3 rings (SSSR count). The van der Waals surface area contributed by atoms with Crippen LogP contribution < -0.4 is 4.90 Å². The second-order valence-corrected chi connectivity index (χ2v) is 8.93. The Hall–Kier alpha value is -1.25. The Morgan fingerprint density at radius 2 is 1.96 bits per heavy atom. The maximum atomic E-state index is 9.85. The lowest BCUT2D eigenvalue weighted by Gasteiger charge is -2.36. The first kappa shape index (κ1) is 16.6. The van der Waals surface area contributed by atoms with Gasteiger partial charge in [0.25, 0.3) is 0 Å². The third kappa shape index (κ3) is 3.20. The van der Waals surface area contributed by atoms with E-state index in [0.29, 0.717) is 19.1 Å². The van der Waals surface area contributed by atoms with Gasteiger partial charge in [0.2, 0.25) is 0 Å². The van der Waals surface area contributed by atoms with E-state index in [-0.39, 0.29) is 4.75 Å². The van der Waals surface area contributed by atoms with E-state index in [4.69, 9.17) is 9.72 Å². The lowest BCUT2D eigenvalue weighted by atomic mass is 9.89. The molecule has 5 heteroatoms. The van der Waals surface area contributed by atoms with Crippen LogP contribution in [-0.4, -0.2) is 36.0 Å². The Labute approximate surface area is 143 Å². The quantitative estimate of drug-likeness (QED) is 0.830. The number of hydrogen-bond donors (Lipinski definition) is 0. The van der Waals surface area contributed by atoms with Crippen molar-refractivity contribution in [2.75, 3.05) is 31.2 Å². The highest BCUT2D eigenvalue weighted by atomic mass is 32.2. The minimum Gasteiger partial charge on any atom is -0.378 e. The molecular formula is C18H25N3OS. The summed E-state index contributed by atoms with van der Waals surface area (Å²) in [5, 5.41) is 9.85. The standard InChI is InChI=1S/C18H25N3OS/c1-12(2)16-15-11-23-18(3,4)9-13(15)14(10-19)17(20-16)21-5-7-22-8-6-21/h12H,5-9,11H2,1-4H3. The molecule has 0 saturated carbocycles. The summed E-state index contributed by atoms with van der Waals surface area (Å²) < 4.78 is 5.64. The molecule has 0 spiro atoms. The molecule has 0 N–H and O–H groups in total. The van der Waals surface area contributed by atoms with Crippen LogP contribution in [0.4, 0.5) is 5.82 Å². The zero-order chi connectivity index (χ0) is 16.6. The lowest BCUT2D eigenvalue weighted by molar-refractivity contribution is 0.122. The topological polar surface area (TPSA) is 49.2 Å². The molecule has 3 heterocycles. The van der Waals surface area contributed by atoms with Crippen LogP contribution in [0.2, 0.25) is 0 Å². The first-order valence-corrected chi connectivity index (χ1v) is 9.34. The van der Waals surface area contributed by atoms with Gasteiger partial charge in [0.05, 0.1) is 18.8 Å². The molecule has 4 nitrogen and oxygen atoms in total. The zero-order valence-corrected chi connectivity index (χ0v) is 15.3. The average molecular weight is 331 g/mol. The van der Waals surface area contributed by atoms with Crippen LogP contribution >= 0.6 is 11.8 Å². The molecule has 1 saturated heterocycles. The van der Waals surface area contributed by atoms with Gasteiger partial charge in [-0.2, -0.15) is 17.0 Å². The Bertz CT molecular complexity index is 643. The van der Waals surface area contributed by atoms with Gasteiger partial charge < -0.3 is 9.64 Å². The van der Waals surface area contributed by atoms with E-state index in [1.165, 1.54) is 16.8 Å². The minimum atomic E-state index is 0.177. The lowest BCUT2D eigenvalue weighted by Crippen LogP contribution is -2.38. The third-order valence-electron chi connectivity index (χ3n) is 4.60. The first-order chi connectivity index (χ1) is 10.9. The van der Waals surface area contributed by atoms with Crippen LogP contribution in [0.15, 0.2) is 0 Å². The second-order valence-electron chi connectivity index (χ2n) is 7.24. The summed E-state index contributed by atoms with van der Waals surface area (Å²) in [6.45, 7) is 12.0. The van der Waals surface area contributed by atoms with Crippen LogP contribution in [-0.2, 0) is 16.9 Å². The van der Waals surface area contributed by atoms with Crippen molar-refractivity contribution < 1.29 is 4.74 Å². The molecule has 0 bridgehead atoms. The van der Waals surface area contributed by atoms with Crippen molar-refractivity contribution in [2.24, 2.45) is 0 Å². The van der Waals surface area contributed by atoms with Crippen LogP contribution in [0, 0.1) is 11.3 Å². The van der Waals surface area contributed by atoms with Gasteiger partial charge in [0, 0.05) is 29.3 Å². The number of nitriles is 1. The Morgan fingerprint density at radius 3 is 2.57 bits per heavy atom. The SMILES string of the molecule is CC(C)c1nc(N2CCOCC2)c(C#N)c2c1CSC(C)(C)C2. The van der Waals surface area contributed by atoms with Crippen LogP contribution in [0.5, 0.6) is 0 Å². The second kappa shape index (κ2) is 6.33. The first-order valence-electron chi connectivity index (χ1n) is 8.35. The van der Waals surface area contributed by atoms with Gasteiger partial charge in [-0.25, -0.2) is 4.98 Å². The van der Waals surface area contributed by atoms with Crippen molar-refractivity contribution in [3.05, 3.63) is 22.4 Å². The van der Waals surface area contributed by atoms with Crippen molar-refractivity contribution in [3.63, 3.8) is 0 Å². The molecule has 23 heavy (non-hydrogen) atoms. The number of fused-ring (bicyclic) bond motifs is 1. The smallest absolute Gasteiger partial charge is 0.147 e. The van der Waals surface area contributed by atoms with Crippen molar-refractivity contribution in [1.29, 1.82) is 5.26 Å². The molecule has 0 amide bonds. The molecular weight excluding hydrogens is 306 g/mol. The van der Waals surface area contributed by atoms with Crippen LogP contribution in [0.25, 0.3) is 0 Å². The highest BCUT2D eigenvalue weighted by molar-refractivity contribution is 7.99. The molecule has 2 aliphatic heterocycles. The van der Waals surface area contributed by atoms with E-state index >= 15 is 0 Å². The number of rotatable bonds is 2. The van der Waals surface area contributed by atoms with E-state index < -0.39 is 0 Å². The van der Waals surface area contributed by atoms with Gasteiger partial charge in [0.1, 0.15) is 11.9 Å². The van der Waals surface area contributed by atoms with Gasteiger partial charge in [0.15, 0.2) is 0 Å². The Morgan fingerprint density at radius 1 is 1.26 bits per heavy atom. The molecule has 0 aliphatic carbocycles. The normalized spacial score (nSPS) is 20.3. The molecule has 1 aromatic heterocycles. The fraction of sp³-hybridized carbons (Fsp3) is 0.667. The summed E-state index contributed by atoms with van der Waals surface area (Å²) in [4.78, 5) is 7.19. The molecule has 0 aromatic carbocycles. The molecule has 0 radical (unpaired) electrons. The third-order valence-corrected chi connectivity index (χ3v) is 5.96. The number of nitrogens with zero attached hydrogens (tertiary/aromatic N) is 3. The maximum Gasteiger partial charge on any atom is 0.147 e. The average Bonchev–Trinajstić information content (AvgIpc) is 2.53. The largest absolute Gasteiger partial charge is 0.378 e. The number of thioether (sulfide) groups is 1. The van der Waals surface area contributed by atoms with E-state index in [1.54, 1.807) is 0 Å².